The molecule has 1 heterocycles. The second kappa shape index (κ2) is 5.88. The smallest absolute Gasteiger partial charge is 0.311 e. The lowest BCUT2D eigenvalue weighted by Gasteiger charge is -2.02. The van der Waals surface area contributed by atoms with Crippen LogP contribution < -0.4 is 4.74 Å². The maximum absolute atomic E-state index is 11.1. The monoisotopic (exact) mass is 310 g/mol. The van der Waals surface area contributed by atoms with Crippen LogP contribution in [-0.2, 0) is 0 Å². The van der Waals surface area contributed by atoms with Crippen LogP contribution in [0.5, 0.6) is 5.75 Å². The van der Waals surface area contributed by atoms with Crippen LogP contribution in [0.1, 0.15) is 5.56 Å². The summed E-state index contributed by atoms with van der Waals surface area (Å²) in [6.45, 7) is 2.01. The van der Waals surface area contributed by atoms with Crippen LogP contribution in [0.3, 0.4) is 0 Å². The molecule has 23 heavy (non-hydrogen) atoms. The van der Waals surface area contributed by atoms with Gasteiger partial charge in [0.05, 0.1) is 12.0 Å². The van der Waals surface area contributed by atoms with Crippen LogP contribution in [0.2, 0.25) is 0 Å². The number of aromatic nitrogens is 3. The van der Waals surface area contributed by atoms with E-state index in [1.54, 1.807) is 6.07 Å². The summed E-state index contributed by atoms with van der Waals surface area (Å²) in [5.41, 5.74) is 2.48. The number of nitro groups is 1. The van der Waals surface area contributed by atoms with Crippen LogP contribution >= 0.6 is 0 Å². The number of nitrogens with one attached hydrogen (secondary N) is 1. The van der Waals surface area contributed by atoms with Crippen molar-refractivity contribution in [3.8, 4) is 28.5 Å². The summed E-state index contributed by atoms with van der Waals surface area (Å²) in [6, 6.07) is 12.5. The first-order chi connectivity index (χ1) is 11.1. The minimum absolute atomic E-state index is 0.119. The topological polar surface area (TPSA) is 93.9 Å². The van der Waals surface area contributed by atoms with Crippen LogP contribution in [0.25, 0.3) is 22.8 Å². The lowest BCUT2D eigenvalue weighted by atomic mass is 10.1. The van der Waals surface area contributed by atoms with E-state index in [0.29, 0.717) is 17.2 Å². The molecular formula is C16H14N4O3. The maximum atomic E-state index is 11.1. The molecule has 0 unspecified atom stereocenters. The van der Waals surface area contributed by atoms with Gasteiger partial charge in [0.25, 0.3) is 0 Å². The number of benzene rings is 2. The van der Waals surface area contributed by atoms with Crippen molar-refractivity contribution in [2.45, 2.75) is 6.92 Å². The molecule has 0 fully saturated rings. The molecule has 0 aliphatic carbocycles. The van der Waals surface area contributed by atoms with Crippen molar-refractivity contribution in [3.63, 3.8) is 0 Å². The first kappa shape index (κ1) is 14.7. The molecule has 0 aliphatic rings. The van der Waals surface area contributed by atoms with Crippen LogP contribution in [0.4, 0.5) is 5.69 Å². The summed E-state index contributed by atoms with van der Waals surface area (Å²) in [5.74, 6) is 1.21. The Hall–Kier alpha value is -3.22. The van der Waals surface area contributed by atoms with Gasteiger partial charge < -0.3 is 4.74 Å². The largest absolute Gasteiger partial charge is 0.490 e. The minimum Gasteiger partial charge on any atom is -0.490 e. The summed E-state index contributed by atoms with van der Waals surface area (Å²) in [4.78, 5) is 15.0. The average molecular weight is 310 g/mol. The Labute approximate surface area is 132 Å². The summed E-state index contributed by atoms with van der Waals surface area (Å²) in [6.07, 6.45) is 0. The average Bonchev–Trinajstić information content (AvgIpc) is 3.04. The van der Waals surface area contributed by atoms with Gasteiger partial charge in [0.15, 0.2) is 17.4 Å². The second-order valence-corrected chi connectivity index (χ2v) is 5.02. The fourth-order valence-corrected chi connectivity index (χ4v) is 2.20. The minimum atomic E-state index is -0.490. The molecule has 0 bridgehead atoms. The van der Waals surface area contributed by atoms with E-state index in [-0.39, 0.29) is 11.4 Å². The van der Waals surface area contributed by atoms with Crippen molar-refractivity contribution in [2.24, 2.45) is 0 Å². The fraction of sp³-hybridized carbons (Fsp3) is 0.125. The van der Waals surface area contributed by atoms with Crippen molar-refractivity contribution in [1.82, 2.24) is 15.2 Å². The quantitative estimate of drug-likeness (QED) is 0.589. The molecule has 1 aromatic heterocycles. The third kappa shape index (κ3) is 2.89. The molecule has 2 aromatic carbocycles. The van der Waals surface area contributed by atoms with E-state index in [1.807, 2.05) is 31.2 Å². The zero-order valence-corrected chi connectivity index (χ0v) is 12.6. The first-order valence-corrected chi connectivity index (χ1v) is 6.90. The standard InChI is InChI=1S/C16H14N4O3/c1-10-3-5-11(6-4-10)15-17-16(19-18-15)12-7-8-14(23-2)13(9-12)20(21)22/h3-9H,1-2H3,(H,17,18,19). The molecule has 7 heteroatoms. The Kier molecular flexibility index (Phi) is 3.76. The maximum Gasteiger partial charge on any atom is 0.311 e. The Morgan fingerprint density at radius 2 is 1.83 bits per heavy atom. The van der Waals surface area contributed by atoms with Gasteiger partial charge in [-0.15, -0.1) is 0 Å². The van der Waals surface area contributed by atoms with Crippen LogP contribution in [0, 0.1) is 17.0 Å². The molecule has 116 valence electrons. The van der Waals surface area contributed by atoms with E-state index < -0.39 is 4.92 Å². The Morgan fingerprint density at radius 3 is 2.48 bits per heavy atom. The van der Waals surface area contributed by atoms with Gasteiger partial charge in [-0.2, -0.15) is 5.10 Å². The molecule has 3 rings (SSSR count). The van der Waals surface area contributed by atoms with E-state index in [9.17, 15) is 10.1 Å². The van der Waals surface area contributed by atoms with Crippen molar-refractivity contribution < 1.29 is 9.66 Å². The van der Waals surface area contributed by atoms with E-state index in [1.165, 1.54) is 19.2 Å². The number of hydrogen-bond donors (Lipinski definition) is 1. The van der Waals surface area contributed by atoms with Crippen LogP contribution in [-0.4, -0.2) is 27.2 Å². The zero-order chi connectivity index (χ0) is 16.4. The van der Waals surface area contributed by atoms with E-state index in [2.05, 4.69) is 15.2 Å². The molecule has 7 nitrogen and oxygen atoms in total. The first-order valence-electron chi connectivity index (χ1n) is 6.90. The third-order valence-corrected chi connectivity index (χ3v) is 3.44. The zero-order valence-electron chi connectivity index (χ0n) is 12.6. The molecule has 0 aliphatic heterocycles. The molecule has 0 amide bonds. The Bertz CT molecular complexity index is 856. The summed E-state index contributed by atoms with van der Waals surface area (Å²) in [5, 5.41) is 18.1. The predicted molar refractivity (Wildman–Crippen MR) is 85.2 cm³/mol. The highest BCUT2D eigenvalue weighted by Gasteiger charge is 2.17. The highest BCUT2D eigenvalue weighted by molar-refractivity contribution is 5.66. The van der Waals surface area contributed by atoms with E-state index >= 15 is 0 Å². The molecule has 0 saturated carbocycles. The number of nitrogens with zero attached hydrogens (tertiary/aromatic N) is 3. The number of methoxy groups -OCH3 is 1. The summed E-state index contributed by atoms with van der Waals surface area (Å²) < 4.78 is 4.99. The van der Waals surface area contributed by atoms with Gasteiger partial charge in [0.1, 0.15) is 0 Å². The second-order valence-electron chi connectivity index (χ2n) is 5.02. The number of aromatic amines is 1. The number of nitro benzene ring substituents is 1. The van der Waals surface area contributed by atoms with Gasteiger partial charge in [0, 0.05) is 17.2 Å². The molecule has 1 N–H and O–H groups in total. The van der Waals surface area contributed by atoms with E-state index in [4.69, 9.17) is 4.74 Å². The van der Waals surface area contributed by atoms with Gasteiger partial charge in [-0.05, 0) is 19.1 Å². The van der Waals surface area contributed by atoms with Gasteiger partial charge in [-0.3, -0.25) is 15.2 Å². The fourth-order valence-electron chi connectivity index (χ4n) is 2.20. The van der Waals surface area contributed by atoms with Crippen molar-refractivity contribution in [1.29, 1.82) is 0 Å². The molecule has 0 saturated heterocycles. The van der Waals surface area contributed by atoms with Gasteiger partial charge in [-0.1, -0.05) is 29.8 Å². The number of aryl methyl sites for hydroxylation is 1. The van der Waals surface area contributed by atoms with Gasteiger partial charge >= 0.3 is 5.69 Å². The molecular weight excluding hydrogens is 296 g/mol. The summed E-state index contributed by atoms with van der Waals surface area (Å²) >= 11 is 0. The molecule has 0 radical (unpaired) electrons. The van der Waals surface area contributed by atoms with E-state index in [0.717, 1.165) is 11.1 Å². The highest BCUT2D eigenvalue weighted by Crippen LogP contribution is 2.31. The number of H-pyrrole nitrogens is 1. The van der Waals surface area contributed by atoms with Crippen molar-refractivity contribution >= 4 is 5.69 Å². The lowest BCUT2D eigenvalue weighted by Crippen LogP contribution is -1.94. The Morgan fingerprint density at radius 1 is 1.13 bits per heavy atom. The van der Waals surface area contributed by atoms with Crippen LogP contribution in [0.15, 0.2) is 42.5 Å². The highest BCUT2D eigenvalue weighted by atomic mass is 16.6. The number of rotatable bonds is 4. The van der Waals surface area contributed by atoms with Crippen molar-refractivity contribution in [2.75, 3.05) is 7.11 Å². The van der Waals surface area contributed by atoms with Gasteiger partial charge in [-0.25, -0.2) is 4.98 Å². The molecule has 0 atom stereocenters. The van der Waals surface area contributed by atoms with Gasteiger partial charge in [0.2, 0.25) is 0 Å². The van der Waals surface area contributed by atoms with Crippen molar-refractivity contribution in [3.05, 3.63) is 58.1 Å². The SMILES string of the molecule is COc1ccc(-c2n[nH]c(-c3ccc(C)cc3)n2)cc1[N+](=O)[O-]. The number of hydrogen-bond acceptors (Lipinski definition) is 5. The summed E-state index contributed by atoms with van der Waals surface area (Å²) in [7, 11) is 1.39. The molecule has 0 spiro atoms. The normalized spacial score (nSPS) is 10.5. The molecule has 3 aromatic rings. The predicted octanol–water partition coefficient (Wildman–Crippen LogP) is 3.36. The Balaban J connectivity index is 1.98. The lowest BCUT2D eigenvalue weighted by molar-refractivity contribution is -0.385. The third-order valence-electron chi connectivity index (χ3n) is 3.44. The number of ether oxygens (including phenoxy) is 1.